The van der Waals surface area contributed by atoms with Crippen LogP contribution < -0.4 is 15.4 Å². The Kier molecular flexibility index (Phi) is 7.15. The van der Waals surface area contributed by atoms with Crippen LogP contribution in [0.3, 0.4) is 0 Å². The van der Waals surface area contributed by atoms with Crippen LogP contribution in [0, 0.1) is 25.2 Å². The number of Topliss-reactive ketones (excluding diaryl/α,β-unsaturated/α-hetero) is 1. The van der Waals surface area contributed by atoms with Gasteiger partial charge in [0.1, 0.15) is 18.2 Å². The molecule has 2 N–H and O–H groups in total. The first-order valence-electron chi connectivity index (χ1n) is 13.8. The fourth-order valence-electron chi connectivity index (χ4n) is 6.21. The van der Waals surface area contributed by atoms with Crippen LogP contribution in [0.5, 0.6) is 5.75 Å². The number of nitrogens with zero attached hydrogens (tertiary/aromatic N) is 2. The minimum Gasteiger partial charge on any atom is -0.488 e. The van der Waals surface area contributed by atoms with Crippen LogP contribution in [0.1, 0.15) is 47.4 Å². The Balaban J connectivity index is 1.51. The quantitative estimate of drug-likeness (QED) is 0.249. The largest absolute Gasteiger partial charge is 0.488 e. The summed E-state index contributed by atoms with van der Waals surface area (Å²) in [5.74, 6) is 0.687. The van der Waals surface area contributed by atoms with Gasteiger partial charge in [0, 0.05) is 23.1 Å². The zero-order chi connectivity index (χ0) is 28.7. The summed E-state index contributed by atoms with van der Waals surface area (Å²) in [6, 6.07) is 28.6. The van der Waals surface area contributed by atoms with E-state index in [1.165, 1.54) is 0 Å². The first-order chi connectivity index (χ1) is 19.9. The van der Waals surface area contributed by atoms with Crippen LogP contribution >= 0.6 is 15.9 Å². The summed E-state index contributed by atoms with van der Waals surface area (Å²) in [5, 5.41) is 12.7. The van der Waals surface area contributed by atoms with Gasteiger partial charge in [-0.15, -0.1) is 0 Å². The van der Waals surface area contributed by atoms with Crippen LogP contribution in [0.4, 0.5) is 5.69 Å². The maximum atomic E-state index is 13.8. The van der Waals surface area contributed by atoms with E-state index < -0.39 is 5.92 Å². The van der Waals surface area contributed by atoms with E-state index in [-0.39, 0.29) is 5.78 Å². The van der Waals surface area contributed by atoms with Gasteiger partial charge in [0.15, 0.2) is 5.78 Å². The number of ether oxygens (including phenoxy) is 1. The van der Waals surface area contributed by atoms with E-state index in [0.717, 1.165) is 61.1 Å². The SMILES string of the molecule is Cc1cc(COc2ccccc2Br)c(C)c(C2C(C#N)=C(N)N(c3cccc4ccccc34)C3=C2C(=O)CCC3)c1. The first kappa shape index (κ1) is 26.9. The lowest BCUT2D eigenvalue weighted by atomic mass is 9.73. The van der Waals surface area contributed by atoms with Gasteiger partial charge >= 0.3 is 0 Å². The number of hydrogen-bond acceptors (Lipinski definition) is 5. The molecule has 0 fully saturated rings. The van der Waals surface area contributed by atoms with Crippen molar-refractivity contribution < 1.29 is 9.53 Å². The van der Waals surface area contributed by atoms with Crippen molar-refractivity contribution in [3.8, 4) is 11.8 Å². The summed E-state index contributed by atoms with van der Waals surface area (Å²) in [6.45, 7) is 4.44. The number of carbonyl (C=O) groups is 1. The number of fused-ring (bicyclic) bond motifs is 1. The lowest BCUT2D eigenvalue weighted by Crippen LogP contribution is -2.39. The van der Waals surface area contributed by atoms with Crippen molar-refractivity contribution in [1.29, 1.82) is 5.26 Å². The fraction of sp³-hybridized carbons (Fsp3) is 0.200. The third-order valence-electron chi connectivity index (χ3n) is 8.15. The van der Waals surface area contributed by atoms with E-state index in [0.29, 0.717) is 36.4 Å². The zero-order valence-corrected chi connectivity index (χ0v) is 24.7. The molecule has 4 aromatic carbocycles. The molecular formula is C35H30BrN3O2. The average molecular weight is 605 g/mol. The molecule has 1 aliphatic heterocycles. The van der Waals surface area contributed by atoms with E-state index in [4.69, 9.17) is 10.5 Å². The number of carbonyl (C=O) groups excluding carboxylic acids is 1. The molecule has 0 amide bonds. The molecular weight excluding hydrogens is 574 g/mol. The summed E-state index contributed by atoms with van der Waals surface area (Å²) in [7, 11) is 0. The molecule has 204 valence electrons. The monoisotopic (exact) mass is 603 g/mol. The third kappa shape index (κ3) is 4.71. The summed E-state index contributed by atoms with van der Waals surface area (Å²) in [4.78, 5) is 15.7. The highest BCUT2D eigenvalue weighted by Gasteiger charge is 2.41. The van der Waals surface area contributed by atoms with Crippen molar-refractivity contribution in [2.24, 2.45) is 5.73 Å². The molecule has 0 saturated heterocycles. The van der Waals surface area contributed by atoms with Crippen LogP contribution in [-0.2, 0) is 11.4 Å². The number of nitriles is 1. The number of anilines is 1. The molecule has 0 saturated carbocycles. The molecule has 0 spiro atoms. The Morgan fingerprint density at radius 3 is 2.59 bits per heavy atom. The number of halogens is 1. The highest BCUT2D eigenvalue weighted by Crippen LogP contribution is 2.48. The number of nitrogens with two attached hydrogens (primary N) is 1. The fourth-order valence-corrected chi connectivity index (χ4v) is 6.61. The normalized spacial score (nSPS) is 17.1. The summed E-state index contributed by atoms with van der Waals surface area (Å²) >= 11 is 3.56. The van der Waals surface area contributed by atoms with Gasteiger partial charge in [0.25, 0.3) is 0 Å². The molecule has 1 heterocycles. The molecule has 0 aromatic heterocycles. The van der Waals surface area contributed by atoms with Crippen LogP contribution in [0.15, 0.2) is 106 Å². The Labute approximate surface area is 248 Å². The van der Waals surface area contributed by atoms with Crippen molar-refractivity contribution in [2.45, 2.75) is 45.6 Å². The maximum Gasteiger partial charge on any atom is 0.161 e. The Bertz CT molecular complexity index is 1810. The lowest BCUT2D eigenvalue weighted by molar-refractivity contribution is -0.116. The van der Waals surface area contributed by atoms with E-state index >= 15 is 0 Å². The second-order valence-electron chi connectivity index (χ2n) is 10.7. The van der Waals surface area contributed by atoms with Crippen molar-refractivity contribution in [2.75, 3.05) is 4.90 Å². The number of para-hydroxylation sites is 1. The molecule has 0 bridgehead atoms. The smallest absolute Gasteiger partial charge is 0.161 e. The van der Waals surface area contributed by atoms with Crippen molar-refractivity contribution in [3.63, 3.8) is 0 Å². The van der Waals surface area contributed by atoms with E-state index in [2.05, 4.69) is 52.3 Å². The second-order valence-corrected chi connectivity index (χ2v) is 11.5. The Morgan fingerprint density at radius 1 is 1.02 bits per heavy atom. The Morgan fingerprint density at radius 2 is 1.78 bits per heavy atom. The van der Waals surface area contributed by atoms with Gasteiger partial charge in [-0.2, -0.15) is 5.26 Å². The van der Waals surface area contributed by atoms with Gasteiger partial charge in [0.05, 0.1) is 27.7 Å². The van der Waals surface area contributed by atoms with Crippen molar-refractivity contribution >= 4 is 38.2 Å². The van der Waals surface area contributed by atoms with Gasteiger partial charge in [-0.05, 0) is 82.9 Å². The maximum absolute atomic E-state index is 13.8. The van der Waals surface area contributed by atoms with Gasteiger partial charge in [-0.25, -0.2) is 0 Å². The lowest BCUT2D eigenvalue weighted by Gasteiger charge is -2.40. The number of benzene rings is 4. The van der Waals surface area contributed by atoms with Gasteiger partial charge in [-0.1, -0.05) is 66.2 Å². The van der Waals surface area contributed by atoms with E-state index in [9.17, 15) is 10.1 Å². The van der Waals surface area contributed by atoms with Gasteiger partial charge in [0.2, 0.25) is 0 Å². The third-order valence-corrected chi connectivity index (χ3v) is 8.81. The summed E-state index contributed by atoms with van der Waals surface area (Å²) < 4.78 is 7.07. The predicted molar refractivity (Wildman–Crippen MR) is 166 cm³/mol. The zero-order valence-electron chi connectivity index (χ0n) is 23.1. The molecule has 1 aliphatic carbocycles. The molecule has 41 heavy (non-hydrogen) atoms. The van der Waals surface area contributed by atoms with Crippen LogP contribution in [0.25, 0.3) is 10.8 Å². The minimum absolute atomic E-state index is 0.0775. The number of allylic oxidation sites excluding steroid dienone is 3. The highest BCUT2D eigenvalue weighted by atomic mass is 79.9. The highest BCUT2D eigenvalue weighted by molar-refractivity contribution is 9.10. The molecule has 6 rings (SSSR count). The topological polar surface area (TPSA) is 79.3 Å². The summed E-state index contributed by atoms with van der Waals surface area (Å²) in [6.07, 6.45) is 1.92. The molecule has 1 atom stereocenters. The number of ketones is 1. The van der Waals surface area contributed by atoms with E-state index in [1.54, 1.807) is 0 Å². The number of rotatable bonds is 5. The second kappa shape index (κ2) is 10.9. The minimum atomic E-state index is -0.531. The van der Waals surface area contributed by atoms with Crippen LogP contribution in [0.2, 0.25) is 0 Å². The standard InChI is InChI=1S/C35H30BrN3O2/c1-21-17-24(20-41-32-16-6-5-12-28(32)36)22(2)26(18-21)33-27(19-37)35(38)39(30-14-8-15-31(40)34(30)33)29-13-7-10-23-9-3-4-11-25(23)29/h3-7,9-13,16-18,33H,8,14-15,20,38H2,1-2H3. The summed E-state index contributed by atoms with van der Waals surface area (Å²) in [5.41, 5.74) is 13.8. The average Bonchev–Trinajstić information content (AvgIpc) is 2.97. The molecule has 1 unspecified atom stereocenters. The molecule has 6 heteroatoms. The van der Waals surface area contributed by atoms with Crippen LogP contribution in [-0.4, -0.2) is 5.78 Å². The first-order valence-corrected chi connectivity index (χ1v) is 14.6. The molecule has 4 aromatic rings. The molecule has 2 aliphatic rings. The number of aryl methyl sites for hydroxylation is 1. The van der Waals surface area contributed by atoms with Gasteiger partial charge in [-0.3, -0.25) is 9.69 Å². The van der Waals surface area contributed by atoms with Crippen molar-refractivity contribution in [3.05, 3.63) is 128 Å². The van der Waals surface area contributed by atoms with E-state index in [1.807, 2.05) is 67.3 Å². The molecule has 5 nitrogen and oxygen atoms in total. The van der Waals surface area contributed by atoms with Gasteiger partial charge < -0.3 is 10.5 Å². The molecule has 0 radical (unpaired) electrons. The number of hydrogen-bond donors (Lipinski definition) is 1. The predicted octanol–water partition coefficient (Wildman–Crippen LogP) is 8.10. The Hall–Kier alpha value is -4.34. The van der Waals surface area contributed by atoms with Crippen molar-refractivity contribution in [1.82, 2.24) is 0 Å².